The monoisotopic (exact) mass is 657 g/mol. The molecule has 2 aliphatic rings. The Labute approximate surface area is 224 Å². The Balaban J connectivity index is 0.00000253. The zero-order valence-electron chi connectivity index (χ0n) is 21.9. The van der Waals surface area contributed by atoms with Crippen molar-refractivity contribution in [1.29, 1.82) is 0 Å². The van der Waals surface area contributed by atoms with Crippen molar-refractivity contribution in [2.24, 2.45) is 5.41 Å². The van der Waals surface area contributed by atoms with Crippen molar-refractivity contribution < 1.29 is 20.1 Å². The van der Waals surface area contributed by atoms with Gasteiger partial charge < -0.3 is 8.80 Å². The van der Waals surface area contributed by atoms with E-state index in [9.17, 15) is 0 Å². The predicted molar refractivity (Wildman–Crippen MR) is 145 cm³/mol. The van der Waals surface area contributed by atoms with Gasteiger partial charge in [0.25, 0.3) is 8.40 Å². The summed E-state index contributed by atoms with van der Waals surface area (Å²) in [6.45, 7) is 19.4. The average molecular weight is 657 g/mol. The van der Waals surface area contributed by atoms with Gasteiger partial charge >= 0.3 is 0 Å². The summed E-state index contributed by atoms with van der Waals surface area (Å²) in [6.07, 6.45) is 0. The minimum absolute atomic E-state index is 0. The maximum absolute atomic E-state index is 5.30. The molecule has 2 heterocycles. The number of nitrogens with zero attached hydrogens (tertiary/aromatic N) is 3. The average Bonchev–Trinajstić information content (AvgIpc) is 3.22. The van der Waals surface area contributed by atoms with Crippen LogP contribution in [0.3, 0.4) is 0 Å². The number of hydrogen-bond donors (Lipinski definition) is 0. The molecule has 0 spiro atoms. The normalized spacial score (nSPS) is 20.1. The predicted octanol–water partition coefficient (Wildman–Crippen LogP) is 7.80. The van der Waals surface area contributed by atoms with Gasteiger partial charge in [-0.05, 0) is 70.4 Å². The standard InChI is InChI=1S/C30H34N3Si.Ir/c1-28(2)22-18-24-26(19-23(22)29(3,4)30(28,5)6)33-27(31-24)21-16-12-13-17-25(21)32(34(33,7)8)20-14-10-9-11-15-20;/h9-15,17-19H,1-8H3;/q-1;. The molecule has 4 aromatic rings. The van der Waals surface area contributed by atoms with Crippen LogP contribution in [-0.4, -0.2) is 17.6 Å². The van der Waals surface area contributed by atoms with Crippen molar-refractivity contribution in [3.05, 3.63) is 77.9 Å². The first-order valence-electron chi connectivity index (χ1n) is 12.3. The van der Waals surface area contributed by atoms with E-state index in [4.69, 9.17) is 4.98 Å². The molecule has 0 fully saturated rings. The van der Waals surface area contributed by atoms with Crippen molar-refractivity contribution in [1.82, 2.24) is 9.22 Å². The Morgan fingerprint density at radius 1 is 0.829 bits per heavy atom. The van der Waals surface area contributed by atoms with E-state index in [0.29, 0.717) is 0 Å². The molecule has 1 aliphatic carbocycles. The number of fused-ring (bicyclic) bond motifs is 6. The number of aromatic nitrogens is 2. The first-order valence-corrected chi connectivity index (χ1v) is 15.2. The second-order valence-electron chi connectivity index (χ2n) is 12.1. The molecule has 3 aromatic carbocycles. The van der Waals surface area contributed by atoms with Gasteiger partial charge in [-0.2, -0.15) is 0 Å². The SMILES string of the molecule is CC1(C)c2cc3nc4n(c3cc2C(C)(C)C1(C)C)[Si](C)(C)N(c1ccccc1)c1ccc[c-]c1-4.[Ir]. The van der Waals surface area contributed by atoms with Gasteiger partial charge in [-0.25, -0.2) is 0 Å². The topological polar surface area (TPSA) is 21.1 Å². The molecule has 0 bridgehead atoms. The van der Waals surface area contributed by atoms with Gasteiger partial charge in [0.1, 0.15) is 0 Å². The number of hydrogen-bond acceptors (Lipinski definition) is 2. The van der Waals surface area contributed by atoms with Crippen LogP contribution in [0.5, 0.6) is 0 Å². The molecule has 1 aliphatic heterocycles. The first kappa shape index (κ1) is 24.5. The summed E-state index contributed by atoms with van der Waals surface area (Å²) >= 11 is 0. The van der Waals surface area contributed by atoms with E-state index in [0.717, 1.165) is 16.9 Å². The molecule has 0 amide bonds. The zero-order chi connectivity index (χ0) is 24.3. The summed E-state index contributed by atoms with van der Waals surface area (Å²) in [5.41, 5.74) is 9.08. The molecule has 6 rings (SSSR count). The molecular weight excluding hydrogens is 623 g/mol. The van der Waals surface area contributed by atoms with Gasteiger partial charge in [0.2, 0.25) is 0 Å². The molecule has 5 heteroatoms. The van der Waals surface area contributed by atoms with Crippen molar-refractivity contribution in [3.63, 3.8) is 0 Å². The van der Waals surface area contributed by atoms with E-state index in [2.05, 4.69) is 124 Å². The molecule has 1 radical (unpaired) electrons. The first-order chi connectivity index (χ1) is 15.9. The number of rotatable bonds is 1. The Bertz CT molecular complexity index is 1460. The van der Waals surface area contributed by atoms with E-state index in [1.165, 1.54) is 28.0 Å². The summed E-state index contributed by atoms with van der Waals surface area (Å²) in [5.74, 6) is 1.06. The van der Waals surface area contributed by atoms with Gasteiger partial charge in [0.15, 0.2) is 0 Å². The van der Waals surface area contributed by atoms with Crippen molar-refractivity contribution >= 4 is 30.8 Å². The van der Waals surface area contributed by atoms with E-state index in [-0.39, 0.29) is 36.4 Å². The van der Waals surface area contributed by atoms with Gasteiger partial charge in [-0.15, -0.1) is 24.3 Å². The van der Waals surface area contributed by atoms with Crippen LogP contribution >= 0.6 is 0 Å². The third kappa shape index (κ3) is 2.89. The third-order valence-corrected chi connectivity index (χ3v) is 12.8. The molecule has 0 saturated heterocycles. The Morgan fingerprint density at radius 2 is 1.46 bits per heavy atom. The minimum Gasteiger partial charge on any atom is -0.393 e. The second kappa shape index (κ2) is 7.41. The molecule has 183 valence electrons. The number of anilines is 2. The van der Waals surface area contributed by atoms with Crippen LogP contribution in [0, 0.1) is 11.5 Å². The van der Waals surface area contributed by atoms with Crippen molar-refractivity contribution in [3.8, 4) is 11.4 Å². The fourth-order valence-corrected chi connectivity index (χ4v) is 9.76. The van der Waals surface area contributed by atoms with Crippen LogP contribution in [0.2, 0.25) is 13.1 Å². The molecule has 35 heavy (non-hydrogen) atoms. The van der Waals surface area contributed by atoms with Gasteiger partial charge in [0.05, 0.1) is 16.9 Å². The summed E-state index contributed by atoms with van der Waals surface area (Å²) in [6, 6.07) is 25.6. The molecule has 0 saturated carbocycles. The fourth-order valence-electron chi connectivity index (χ4n) is 6.55. The summed E-state index contributed by atoms with van der Waals surface area (Å²) in [4.78, 5) is 5.30. The maximum Gasteiger partial charge on any atom is 0.251 e. The quantitative estimate of drug-likeness (QED) is 0.154. The van der Waals surface area contributed by atoms with Crippen LogP contribution in [0.1, 0.15) is 52.7 Å². The van der Waals surface area contributed by atoms with Crippen LogP contribution in [0.4, 0.5) is 11.4 Å². The molecular formula is C30H34IrN3Si-. The van der Waals surface area contributed by atoms with E-state index in [1.807, 2.05) is 6.07 Å². The zero-order valence-corrected chi connectivity index (χ0v) is 25.3. The van der Waals surface area contributed by atoms with E-state index in [1.54, 1.807) is 0 Å². The maximum atomic E-state index is 5.30. The van der Waals surface area contributed by atoms with E-state index >= 15 is 0 Å². The Kier molecular flexibility index (Phi) is 5.18. The van der Waals surface area contributed by atoms with E-state index < -0.39 is 8.40 Å². The van der Waals surface area contributed by atoms with Crippen LogP contribution in [0.25, 0.3) is 22.4 Å². The summed E-state index contributed by atoms with van der Waals surface area (Å²) in [5, 5.41) is 0. The summed E-state index contributed by atoms with van der Waals surface area (Å²) in [7, 11) is -2.23. The Morgan fingerprint density at radius 3 is 2.11 bits per heavy atom. The summed E-state index contributed by atoms with van der Waals surface area (Å²) < 4.78 is 5.14. The van der Waals surface area contributed by atoms with Gasteiger partial charge in [0, 0.05) is 25.8 Å². The second-order valence-corrected chi connectivity index (χ2v) is 16.0. The largest absolute Gasteiger partial charge is 0.393 e. The van der Waals surface area contributed by atoms with Crippen LogP contribution < -0.4 is 4.57 Å². The Hall–Kier alpha value is -2.20. The molecule has 1 aromatic heterocycles. The van der Waals surface area contributed by atoms with Gasteiger partial charge in [-0.3, -0.25) is 4.98 Å². The van der Waals surface area contributed by atoms with Crippen LogP contribution in [0.15, 0.2) is 60.7 Å². The third-order valence-electron chi connectivity index (χ3n) is 9.67. The molecule has 0 unspecified atom stereocenters. The number of imidazole rings is 1. The minimum atomic E-state index is -2.23. The van der Waals surface area contributed by atoms with Gasteiger partial charge in [-0.1, -0.05) is 65.3 Å². The number of benzene rings is 3. The van der Waals surface area contributed by atoms with Crippen molar-refractivity contribution in [2.75, 3.05) is 4.57 Å². The number of para-hydroxylation sites is 1. The van der Waals surface area contributed by atoms with Crippen molar-refractivity contribution in [2.45, 2.75) is 65.5 Å². The van der Waals surface area contributed by atoms with Crippen LogP contribution in [-0.2, 0) is 30.9 Å². The molecule has 3 nitrogen and oxygen atoms in total. The molecule has 0 N–H and O–H groups in total. The molecule has 0 atom stereocenters. The smallest absolute Gasteiger partial charge is 0.251 e. The fraction of sp³-hybridized carbons (Fsp3) is 0.367.